The van der Waals surface area contributed by atoms with E-state index in [1.165, 1.54) is 0 Å². The van der Waals surface area contributed by atoms with E-state index in [0.29, 0.717) is 5.39 Å². The first kappa shape index (κ1) is 15.3. The Morgan fingerprint density at radius 1 is 1.45 bits per heavy atom. The third-order valence-corrected chi connectivity index (χ3v) is 4.64. The molecule has 3 rings (SSSR count). The van der Waals surface area contributed by atoms with Crippen molar-refractivity contribution in [1.82, 2.24) is 9.88 Å². The molecule has 116 valence electrons. The summed E-state index contributed by atoms with van der Waals surface area (Å²) >= 11 is 3.46. The van der Waals surface area contributed by atoms with Crippen LogP contribution in [0.3, 0.4) is 0 Å². The van der Waals surface area contributed by atoms with E-state index in [-0.39, 0.29) is 22.9 Å². The molecule has 0 saturated heterocycles. The van der Waals surface area contributed by atoms with E-state index >= 15 is 0 Å². The summed E-state index contributed by atoms with van der Waals surface area (Å²) in [5.41, 5.74) is 2.18. The van der Waals surface area contributed by atoms with Crippen LogP contribution in [0, 0.1) is 0 Å². The fourth-order valence-corrected chi connectivity index (χ4v) is 3.67. The maximum Gasteiger partial charge on any atom is 0.256 e. The van der Waals surface area contributed by atoms with Crippen LogP contribution in [0.4, 0.5) is 0 Å². The molecule has 0 spiro atoms. The van der Waals surface area contributed by atoms with Gasteiger partial charge in [0, 0.05) is 28.6 Å². The van der Waals surface area contributed by atoms with Gasteiger partial charge in [-0.05, 0) is 37.5 Å². The standard InChI is InChI=1S/C17H19BrN2O2/c1-3-4-10(2)19-17(22)14-9-20-6-5-11-7-12(18)8-13(15(11)20)16(14)21/h7-10H,3-6H2,1-2H3,(H,19,22)/t10-/m0/s1. The highest BCUT2D eigenvalue weighted by Gasteiger charge is 2.21. The van der Waals surface area contributed by atoms with Crippen LogP contribution < -0.4 is 10.7 Å². The number of hydrogen-bond acceptors (Lipinski definition) is 2. The SMILES string of the molecule is CCC[C@H](C)NC(=O)c1cn2c3c(cc(Br)cc3c1=O)CC2. The molecule has 0 bridgehead atoms. The zero-order chi connectivity index (χ0) is 15.9. The number of nitrogens with zero attached hydrogens (tertiary/aromatic N) is 1. The monoisotopic (exact) mass is 362 g/mol. The second kappa shape index (κ2) is 5.88. The van der Waals surface area contributed by atoms with Gasteiger partial charge in [-0.25, -0.2) is 0 Å². The van der Waals surface area contributed by atoms with Crippen LogP contribution in [0.5, 0.6) is 0 Å². The lowest BCUT2D eigenvalue weighted by atomic mass is 10.1. The number of aryl methyl sites for hydroxylation is 2. The third-order valence-electron chi connectivity index (χ3n) is 4.18. The zero-order valence-corrected chi connectivity index (χ0v) is 14.4. The molecule has 0 saturated carbocycles. The topological polar surface area (TPSA) is 51.1 Å². The van der Waals surface area contributed by atoms with Gasteiger partial charge in [-0.3, -0.25) is 9.59 Å². The maximum atomic E-state index is 12.7. The van der Waals surface area contributed by atoms with E-state index in [9.17, 15) is 9.59 Å². The van der Waals surface area contributed by atoms with E-state index in [2.05, 4.69) is 28.2 Å². The Hall–Kier alpha value is -1.62. The summed E-state index contributed by atoms with van der Waals surface area (Å²) < 4.78 is 2.91. The van der Waals surface area contributed by atoms with Crippen molar-refractivity contribution in [3.05, 3.63) is 44.2 Å². The molecule has 22 heavy (non-hydrogen) atoms. The highest BCUT2D eigenvalue weighted by atomic mass is 79.9. The molecule has 0 aliphatic carbocycles. The summed E-state index contributed by atoms with van der Waals surface area (Å²) in [5.74, 6) is -0.273. The van der Waals surface area contributed by atoms with Crippen LogP contribution in [0.1, 0.15) is 42.6 Å². The highest BCUT2D eigenvalue weighted by molar-refractivity contribution is 9.10. The van der Waals surface area contributed by atoms with Gasteiger partial charge in [0.1, 0.15) is 5.56 Å². The number of carbonyl (C=O) groups excluding carboxylic acids is 1. The predicted octanol–water partition coefficient (Wildman–Crippen LogP) is 3.24. The molecule has 0 unspecified atom stereocenters. The van der Waals surface area contributed by atoms with Crippen molar-refractivity contribution in [2.75, 3.05) is 0 Å². The molecule has 2 heterocycles. The molecule has 0 fully saturated rings. The summed E-state index contributed by atoms with van der Waals surface area (Å²) in [6, 6.07) is 3.94. The van der Waals surface area contributed by atoms with Crippen LogP contribution in [0.2, 0.25) is 0 Å². The van der Waals surface area contributed by atoms with Gasteiger partial charge in [-0.15, -0.1) is 0 Å². The molecule has 1 atom stereocenters. The zero-order valence-electron chi connectivity index (χ0n) is 12.8. The molecule has 1 N–H and O–H groups in total. The minimum atomic E-state index is -0.273. The highest BCUT2D eigenvalue weighted by Crippen LogP contribution is 2.28. The number of halogens is 1. The van der Waals surface area contributed by atoms with E-state index < -0.39 is 0 Å². The smallest absolute Gasteiger partial charge is 0.256 e. The average Bonchev–Trinajstić information content (AvgIpc) is 2.85. The first-order valence-corrected chi connectivity index (χ1v) is 8.47. The van der Waals surface area contributed by atoms with Gasteiger partial charge >= 0.3 is 0 Å². The van der Waals surface area contributed by atoms with E-state index in [0.717, 1.165) is 41.4 Å². The minimum Gasteiger partial charge on any atom is -0.349 e. The first-order valence-electron chi connectivity index (χ1n) is 7.67. The third kappa shape index (κ3) is 2.58. The molecule has 1 amide bonds. The van der Waals surface area contributed by atoms with E-state index in [1.807, 2.05) is 23.6 Å². The first-order chi connectivity index (χ1) is 10.5. The lowest BCUT2D eigenvalue weighted by Crippen LogP contribution is -2.35. The summed E-state index contributed by atoms with van der Waals surface area (Å²) in [6.45, 7) is 4.86. The number of pyridine rings is 1. The number of benzene rings is 1. The molecular formula is C17H19BrN2O2. The average molecular weight is 363 g/mol. The fourth-order valence-electron chi connectivity index (χ4n) is 3.17. The van der Waals surface area contributed by atoms with Gasteiger partial charge in [0.25, 0.3) is 5.91 Å². The molecule has 1 aliphatic heterocycles. The Balaban J connectivity index is 2.08. The Morgan fingerprint density at radius 2 is 2.23 bits per heavy atom. The maximum absolute atomic E-state index is 12.7. The van der Waals surface area contributed by atoms with Crippen LogP contribution in [-0.4, -0.2) is 16.5 Å². The molecule has 1 aliphatic rings. The summed E-state index contributed by atoms with van der Waals surface area (Å²) in [6.07, 6.45) is 4.51. The Kier molecular flexibility index (Phi) is 4.08. The number of nitrogens with one attached hydrogen (secondary N) is 1. The van der Waals surface area contributed by atoms with Crippen molar-refractivity contribution >= 4 is 32.7 Å². The van der Waals surface area contributed by atoms with E-state index in [4.69, 9.17) is 0 Å². The summed E-state index contributed by atoms with van der Waals surface area (Å²) in [5, 5.41) is 3.54. The van der Waals surface area contributed by atoms with Gasteiger partial charge in [0.2, 0.25) is 5.43 Å². The predicted molar refractivity (Wildman–Crippen MR) is 91.4 cm³/mol. The van der Waals surface area contributed by atoms with Crippen LogP contribution >= 0.6 is 15.9 Å². The molecule has 1 aromatic carbocycles. The summed E-state index contributed by atoms with van der Waals surface area (Å²) in [4.78, 5) is 25.1. The van der Waals surface area contributed by atoms with Crippen molar-refractivity contribution in [2.24, 2.45) is 0 Å². The van der Waals surface area contributed by atoms with Crippen molar-refractivity contribution in [2.45, 2.75) is 45.7 Å². The van der Waals surface area contributed by atoms with E-state index in [1.54, 1.807) is 6.20 Å². The second-order valence-electron chi connectivity index (χ2n) is 5.94. The number of rotatable bonds is 4. The van der Waals surface area contributed by atoms with Crippen molar-refractivity contribution in [1.29, 1.82) is 0 Å². The molecule has 4 nitrogen and oxygen atoms in total. The Labute approximate surface area is 137 Å². The normalized spacial score (nSPS) is 14.3. The molecule has 2 aromatic rings. The van der Waals surface area contributed by atoms with Crippen molar-refractivity contribution < 1.29 is 4.79 Å². The number of aromatic nitrogens is 1. The second-order valence-corrected chi connectivity index (χ2v) is 6.86. The van der Waals surface area contributed by atoms with Crippen molar-refractivity contribution in [3.63, 3.8) is 0 Å². The van der Waals surface area contributed by atoms with Gasteiger partial charge < -0.3 is 9.88 Å². The lowest BCUT2D eigenvalue weighted by Gasteiger charge is -2.14. The molecular weight excluding hydrogens is 344 g/mol. The van der Waals surface area contributed by atoms with Crippen LogP contribution in [-0.2, 0) is 13.0 Å². The largest absolute Gasteiger partial charge is 0.349 e. The van der Waals surface area contributed by atoms with Gasteiger partial charge in [-0.1, -0.05) is 29.3 Å². The Morgan fingerprint density at radius 3 is 2.95 bits per heavy atom. The molecule has 5 heteroatoms. The molecule has 0 radical (unpaired) electrons. The summed E-state index contributed by atoms with van der Waals surface area (Å²) in [7, 11) is 0. The van der Waals surface area contributed by atoms with Crippen molar-refractivity contribution in [3.8, 4) is 0 Å². The molecule has 1 aromatic heterocycles. The van der Waals surface area contributed by atoms with Crippen LogP contribution in [0.25, 0.3) is 10.9 Å². The number of amides is 1. The van der Waals surface area contributed by atoms with Crippen LogP contribution in [0.15, 0.2) is 27.6 Å². The Bertz CT molecular complexity index is 810. The minimum absolute atomic E-state index is 0.0734. The lowest BCUT2D eigenvalue weighted by molar-refractivity contribution is 0.0936. The number of hydrogen-bond donors (Lipinski definition) is 1. The van der Waals surface area contributed by atoms with Gasteiger partial charge in [0.05, 0.1) is 5.52 Å². The fraction of sp³-hybridized carbons (Fsp3) is 0.412. The number of carbonyl (C=O) groups is 1. The quantitative estimate of drug-likeness (QED) is 0.907. The van der Waals surface area contributed by atoms with Gasteiger partial charge in [-0.2, -0.15) is 0 Å². The van der Waals surface area contributed by atoms with Gasteiger partial charge in [0.15, 0.2) is 0 Å².